The molecule has 1 aliphatic heterocycles. The third kappa shape index (κ3) is 3.85. The minimum Gasteiger partial charge on any atom is -0.412 e. The zero-order valence-corrected chi connectivity index (χ0v) is 18.5. The smallest absolute Gasteiger partial charge is 0.285 e. The number of nitrogens with zero attached hydrogens (tertiary/aromatic N) is 5. The molecule has 0 bridgehead atoms. The first kappa shape index (κ1) is 20.6. The van der Waals surface area contributed by atoms with Gasteiger partial charge in [0.2, 0.25) is 5.78 Å². The van der Waals surface area contributed by atoms with E-state index in [1.54, 1.807) is 12.3 Å². The molecule has 0 N–H and O–H groups in total. The zero-order valence-electron chi connectivity index (χ0n) is 17.0. The first-order chi connectivity index (χ1) is 15.5. The second-order valence-electron chi connectivity index (χ2n) is 7.60. The van der Waals surface area contributed by atoms with Crippen LogP contribution in [-0.2, 0) is 6.54 Å². The predicted molar refractivity (Wildman–Crippen MR) is 121 cm³/mol. The van der Waals surface area contributed by atoms with Crippen molar-refractivity contribution in [3.63, 3.8) is 0 Å². The number of aromatic nitrogens is 4. The van der Waals surface area contributed by atoms with Crippen molar-refractivity contribution in [2.45, 2.75) is 19.4 Å². The molecule has 2 aromatic heterocycles. The molecule has 1 atom stereocenters. The Bertz CT molecular complexity index is 1310. The summed E-state index contributed by atoms with van der Waals surface area (Å²) >= 11 is 12.4. The number of hydrogen-bond donors (Lipinski definition) is 0. The van der Waals surface area contributed by atoms with Gasteiger partial charge in [-0.2, -0.15) is 0 Å². The van der Waals surface area contributed by atoms with E-state index in [1.165, 1.54) is 12.4 Å². The number of rotatable bonds is 5. The molecule has 7 nitrogen and oxygen atoms in total. The number of anilines is 1. The Balaban J connectivity index is 1.45. The zero-order chi connectivity index (χ0) is 22.2. The maximum atomic E-state index is 13.4. The number of carbonyl (C=O) groups is 1. The quantitative estimate of drug-likeness (QED) is 0.377. The molecule has 0 saturated carbocycles. The van der Waals surface area contributed by atoms with E-state index in [0.29, 0.717) is 28.8 Å². The van der Waals surface area contributed by atoms with Crippen LogP contribution in [0, 0.1) is 6.92 Å². The number of ketones is 1. The van der Waals surface area contributed by atoms with Crippen LogP contribution in [0.25, 0.3) is 11.6 Å². The number of aryl methyl sites for hydroxylation is 1. The summed E-state index contributed by atoms with van der Waals surface area (Å²) in [6.45, 7) is 3.02. The molecule has 0 radical (unpaired) electrons. The monoisotopic (exact) mass is 465 g/mol. The van der Waals surface area contributed by atoms with Crippen LogP contribution in [-0.4, -0.2) is 32.5 Å². The minimum atomic E-state index is -0.439. The molecule has 4 aromatic rings. The van der Waals surface area contributed by atoms with Gasteiger partial charge in [0.1, 0.15) is 5.69 Å². The fourth-order valence-electron chi connectivity index (χ4n) is 3.87. The third-order valence-electron chi connectivity index (χ3n) is 5.41. The lowest BCUT2D eigenvalue weighted by Gasteiger charge is -2.20. The van der Waals surface area contributed by atoms with Crippen molar-refractivity contribution in [3.05, 3.63) is 87.6 Å². The molecule has 0 amide bonds. The third-order valence-corrected chi connectivity index (χ3v) is 6.00. The highest BCUT2D eigenvalue weighted by Crippen LogP contribution is 2.40. The number of benzene rings is 2. The van der Waals surface area contributed by atoms with Gasteiger partial charge in [0.25, 0.3) is 11.8 Å². The molecule has 9 heteroatoms. The number of fused-ring (bicyclic) bond motifs is 1. The maximum absolute atomic E-state index is 13.4. The highest BCUT2D eigenvalue weighted by Gasteiger charge is 2.37. The standard InChI is InChI=1S/C23H17Cl2N5O2/c1-13-2-5-20-16(8-13)17(12-30(20)11-14-3-4-15(24)9-18(14)25)21(31)23-29-28-22(32-23)19-10-26-6-7-27-19/h2-10,17H,11-12H2,1H3. The lowest BCUT2D eigenvalue weighted by atomic mass is 9.95. The maximum Gasteiger partial charge on any atom is 0.285 e. The van der Waals surface area contributed by atoms with Crippen LogP contribution in [0.5, 0.6) is 0 Å². The molecule has 0 spiro atoms. The molecule has 32 heavy (non-hydrogen) atoms. The van der Waals surface area contributed by atoms with Crippen molar-refractivity contribution in [2.75, 3.05) is 11.4 Å². The van der Waals surface area contributed by atoms with Crippen LogP contribution in [0.4, 0.5) is 5.69 Å². The van der Waals surface area contributed by atoms with Crippen LogP contribution in [0.15, 0.2) is 59.4 Å². The topological polar surface area (TPSA) is 85.0 Å². The van der Waals surface area contributed by atoms with Gasteiger partial charge in [0, 0.05) is 41.2 Å². The average Bonchev–Trinajstić information content (AvgIpc) is 3.41. The van der Waals surface area contributed by atoms with E-state index < -0.39 is 5.92 Å². The number of hydrogen-bond acceptors (Lipinski definition) is 7. The molecule has 5 rings (SSSR count). The van der Waals surface area contributed by atoms with Gasteiger partial charge in [-0.25, -0.2) is 4.98 Å². The van der Waals surface area contributed by atoms with Gasteiger partial charge in [0.15, 0.2) is 0 Å². The molecule has 160 valence electrons. The highest BCUT2D eigenvalue weighted by atomic mass is 35.5. The number of Topliss-reactive ketones (excluding diaryl/α,β-unsaturated/α-hetero) is 1. The Labute approximate surface area is 194 Å². The van der Waals surface area contributed by atoms with E-state index in [-0.39, 0.29) is 17.6 Å². The van der Waals surface area contributed by atoms with E-state index in [2.05, 4.69) is 25.1 Å². The van der Waals surface area contributed by atoms with Crippen molar-refractivity contribution in [3.8, 4) is 11.6 Å². The van der Waals surface area contributed by atoms with Crippen molar-refractivity contribution in [1.82, 2.24) is 20.2 Å². The molecule has 1 aliphatic rings. The second kappa shape index (κ2) is 8.33. The first-order valence-electron chi connectivity index (χ1n) is 9.93. The van der Waals surface area contributed by atoms with Crippen LogP contribution in [0.1, 0.15) is 33.3 Å². The van der Waals surface area contributed by atoms with Crippen LogP contribution in [0.2, 0.25) is 10.0 Å². The molecule has 0 saturated heterocycles. The minimum absolute atomic E-state index is 0.0468. The van der Waals surface area contributed by atoms with Gasteiger partial charge in [-0.05, 0) is 36.2 Å². The van der Waals surface area contributed by atoms with Gasteiger partial charge in [0.05, 0.1) is 12.1 Å². The van der Waals surface area contributed by atoms with Gasteiger partial charge in [-0.3, -0.25) is 9.78 Å². The van der Waals surface area contributed by atoms with Crippen LogP contribution >= 0.6 is 23.2 Å². The van der Waals surface area contributed by atoms with E-state index >= 15 is 0 Å². The summed E-state index contributed by atoms with van der Waals surface area (Å²) in [4.78, 5) is 23.6. The van der Waals surface area contributed by atoms with Gasteiger partial charge >= 0.3 is 0 Å². The first-order valence-corrected chi connectivity index (χ1v) is 10.7. The fraction of sp³-hybridized carbons (Fsp3) is 0.174. The summed E-state index contributed by atoms with van der Waals surface area (Å²) in [7, 11) is 0. The number of carbonyl (C=O) groups excluding carboxylic acids is 1. The normalized spacial score (nSPS) is 15.1. The van der Waals surface area contributed by atoms with E-state index in [4.69, 9.17) is 27.6 Å². The van der Waals surface area contributed by atoms with Gasteiger partial charge < -0.3 is 9.32 Å². The largest absolute Gasteiger partial charge is 0.412 e. The van der Waals surface area contributed by atoms with E-state index in [1.807, 2.05) is 37.3 Å². The summed E-state index contributed by atoms with van der Waals surface area (Å²) < 4.78 is 5.65. The van der Waals surface area contributed by atoms with E-state index in [9.17, 15) is 4.79 Å². The summed E-state index contributed by atoms with van der Waals surface area (Å²) in [6.07, 6.45) is 4.58. The molecule has 3 heterocycles. The summed E-state index contributed by atoms with van der Waals surface area (Å²) in [5.41, 5.74) is 4.32. The Kier molecular flexibility index (Phi) is 5.36. The Morgan fingerprint density at radius 3 is 2.81 bits per heavy atom. The molecular weight excluding hydrogens is 449 g/mol. The number of halogens is 2. The molecule has 0 aliphatic carbocycles. The predicted octanol–water partition coefficient (Wildman–Crippen LogP) is 5.13. The SMILES string of the molecule is Cc1ccc2c(c1)C(C(=O)c1nnc(-c3cnccn3)o1)CN2Cc1ccc(Cl)cc1Cl. The Morgan fingerprint density at radius 1 is 1.16 bits per heavy atom. The van der Waals surface area contributed by atoms with Crippen molar-refractivity contribution >= 4 is 34.7 Å². The fourth-order valence-corrected chi connectivity index (χ4v) is 4.34. The molecule has 0 fully saturated rings. The second-order valence-corrected chi connectivity index (χ2v) is 8.44. The summed E-state index contributed by atoms with van der Waals surface area (Å²) in [5.74, 6) is -0.557. The van der Waals surface area contributed by atoms with Crippen LogP contribution < -0.4 is 4.90 Å². The molecular formula is C23H17Cl2N5O2. The van der Waals surface area contributed by atoms with Crippen LogP contribution in [0.3, 0.4) is 0 Å². The van der Waals surface area contributed by atoms with Crippen molar-refractivity contribution in [1.29, 1.82) is 0 Å². The van der Waals surface area contributed by atoms with Gasteiger partial charge in [-0.1, -0.05) is 47.0 Å². The average molecular weight is 466 g/mol. The van der Waals surface area contributed by atoms with E-state index in [0.717, 1.165) is 22.4 Å². The molecule has 2 aromatic carbocycles. The molecule has 1 unspecified atom stereocenters. The van der Waals surface area contributed by atoms with Gasteiger partial charge in [-0.15, -0.1) is 10.2 Å². The Morgan fingerprint density at radius 2 is 2.03 bits per heavy atom. The highest BCUT2D eigenvalue weighted by molar-refractivity contribution is 6.35. The Hall–Kier alpha value is -3.29. The lowest BCUT2D eigenvalue weighted by molar-refractivity contribution is 0.0931. The van der Waals surface area contributed by atoms with Crippen molar-refractivity contribution < 1.29 is 9.21 Å². The lowest BCUT2D eigenvalue weighted by Crippen LogP contribution is -2.24. The van der Waals surface area contributed by atoms with Crippen molar-refractivity contribution in [2.24, 2.45) is 0 Å². The summed E-state index contributed by atoms with van der Waals surface area (Å²) in [6, 6.07) is 11.5. The summed E-state index contributed by atoms with van der Waals surface area (Å²) in [5, 5.41) is 9.12.